The van der Waals surface area contributed by atoms with E-state index in [1.54, 1.807) is 51.3 Å². The van der Waals surface area contributed by atoms with Crippen LogP contribution < -0.4 is 24.7 Å². The van der Waals surface area contributed by atoms with E-state index in [2.05, 4.69) is 0 Å². The number of methoxy groups -OCH3 is 4. The summed E-state index contributed by atoms with van der Waals surface area (Å²) in [4.78, 5) is 12.2. The van der Waals surface area contributed by atoms with Gasteiger partial charge in [-0.1, -0.05) is 6.07 Å². The lowest BCUT2D eigenvalue weighted by molar-refractivity contribution is 0.354. The summed E-state index contributed by atoms with van der Waals surface area (Å²) < 4.78 is 28.1. The molecular weight excluding hydrogens is 362 g/mol. The minimum Gasteiger partial charge on any atom is -0.493 e. The summed E-state index contributed by atoms with van der Waals surface area (Å²) in [5.41, 5.74) is 1.76. The van der Waals surface area contributed by atoms with Crippen molar-refractivity contribution in [1.29, 1.82) is 0 Å². The van der Waals surface area contributed by atoms with Crippen LogP contribution in [0.4, 0.5) is 0 Å². The minimum atomic E-state index is -0.412. The van der Waals surface area contributed by atoms with Gasteiger partial charge < -0.3 is 23.4 Å². The van der Waals surface area contributed by atoms with Gasteiger partial charge in [-0.15, -0.1) is 0 Å². The van der Waals surface area contributed by atoms with Crippen molar-refractivity contribution < 1.29 is 23.4 Å². The van der Waals surface area contributed by atoms with Gasteiger partial charge in [0, 0.05) is 12.1 Å². The minimum absolute atomic E-state index is 0.412. The van der Waals surface area contributed by atoms with Crippen molar-refractivity contribution in [3.05, 3.63) is 58.7 Å². The van der Waals surface area contributed by atoms with Crippen molar-refractivity contribution in [3.63, 3.8) is 0 Å². The van der Waals surface area contributed by atoms with Crippen LogP contribution in [0.5, 0.6) is 23.0 Å². The molecule has 0 fully saturated rings. The zero-order valence-electron chi connectivity index (χ0n) is 16.4. The topological polar surface area (TPSA) is 72.1 Å². The molecule has 0 aliphatic carbocycles. The van der Waals surface area contributed by atoms with E-state index in [0.29, 0.717) is 41.7 Å². The Kier molecular flexibility index (Phi) is 5.93. The normalized spacial score (nSPS) is 10.6. The fourth-order valence-electron chi connectivity index (χ4n) is 2.94. The maximum absolute atomic E-state index is 12.2. The molecule has 0 bridgehead atoms. The second kappa shape index (κ2) is 8.56. The van der Waals surface area contributed by atoms with Crippen LogP contribution in [0.25, 0.3) is 11.3 Å². The van der Waals surface area contributed by atoms with Gasteiger partial charge >= 0.3 is 5.76 Å². The van der Waals surface area contributed by atoms with Gasteiger partial charge in [-0.05, 0) is 42.3 Å². The summed E-state index contributed by atoms with van der Waals surface area (Å²) in [6, 6.07) is 11.1. The van der Waals surface area contributed by atoms with Gasteiger partial charge in [-0.2, -0.15) is 0 Å². The standard InChI is InChI=1S/C21H23NO6/c1-24-16-7-5-14(11-18(16)26-3)9-10-22-13-20(28-21(22)23)15-6-8-17(25-2)19(12-15)27-4/h5-8,11-13H,9-10H2,1-4H3. The molecule has 7 nitrogen and oxygen atoms in total. The Bertz CT molecular complexity index is 1000. The van der Waals surface area contributed by atoms with Crippen LogP contribution in [0.2, 0.25) is 0 Å². The van der Waals surface area contributed by atoms with Gasteiger partial charge in [0.1, 0.15) is 0 Å². The van der Waals surface area contributed by atoms with Crippen LogP contribution in [0.3, 0.4) is 0 Å². The Balaban J connectivity index is 1.79. The van der Waals surface area contributed by atoms with Crippen molar-refractivity contribution >= 4 is 0 Å². The van der Waals surface area contributed by atoms with Crippen molar-refractivity contribution in [1.82, 2.24) is 4.57 Å². The maximum atomic E-state index is 12.2. The summed E-state index contributed by atoms with van der Waals surface area (Å²) in [6.45, 7) is 0.477. The van der Waals surface area contributed by atoms with Gasteiger partial charge in [-0.25, -0.2) is 4.79 Å². The first-order valence-electron chi connectivity index (χ1n) is 8.73. The molecule has 2 aromatic carbocycles. The monoisotopic (exact) mass is 385 g/mol. The molecule has 7 heteroatoms. The first-order valence-corrected chi connectivity index (χ1v) is 8.73. The van der Waals surface area contributed by atoms with E-state index in [1.165, 1.54) is 0 Å². The predicted molar refractivity (Wildman–Crippen MR) is 105 cm³/mol. The highest BCUT2D eigenvalue weighted by Gasteiger charge is 2.12. The van der Waals surface area contributed by atoms with Crippen molar-refractivity contribution in [2.45, 2.75) is 13.0 Å². The third kappa shape index (κ3) is 3.98. The first-order chi connectivity index (χ1) is 13.6. The first kappa shape index (κ1) is 19.4. The Morgan fingerprint density at radius 1 is 0.821 bits per heavy atom. The van der Waals surface area contributed by atoms with E-state index in [0.717, 1.165) is 11.1 Å². The molecule has 0 saturated carbocycles. The number of hydrogen-bond donors (Lipinski definition) is 0. The summed E-state index contributed by atoms with van der Waals surface area (Å²) in [5.74, 6) is 2.57. The van der Waals surface area contributed by atoms with E-state index in [4.69, 9.17) is 23.4 Å². The molecule has 0 saturated heterocycles. The van der Waals surface area contributed by atoms with Gasteiger partial charge in [0.25, 0.3) is 0 Å². The van der Waals surface area contributed by atoms with Gasteiger partial charge in [0.05, 0.1) is 34.6 Å². The molecule has 1 heterocycles. The smallest absolute Gasteiger partial charge is 0.419 e. The Morgan fingerprint density at radius 3 is 2.07 bits per heavy atom. The molecule has 0 radical (unpaired) electrons. The van der Waals surface area contributed by atoms with Gasteiger partial charge in [0.2, 0.25) is 0 Å². The maximum Gasteiger partial charge on any atom is 0.419 e. The third-order valence-electron chi connectivity index (χ3n) is 4.46. The number of nitrogens with zero attached hydrogens (tertiary/aromatic N) is 1. The van der Waals surface area contributed by atoms with Gasteiger partial charge in [-0.3, -0.25) is 4.57 Å². The fraction of sp³-hybridized carbons (Fsp3) is 0.286. The summed E-state index contributed by atoms with van der Waals surface area (Å²) in [6.07, 6.45) is 2.34. The number of ether oxygens (including phenoxy) is 4. The van der Waals surface area contributed by atoms with Crippen molar-refractivity contribution in [2.24, 2.45) is 0 Å². The van der Waals surface area contributed by atoms with Crippen LogP contribution in [-0.2, 0) is 13.0 Å². The third-order valence-corrected chi connectivity index (χ3v) is 4.46. The summed E-state index contributed by atoms with van der Waals surface area (Å²) >= 11 is 0. The number of rotatable bonds is 8. The van der Waals surface area contributed by atoms with Crippen LogP contribution in [-0.4, -0.2) is 33.0 Å². The lowest BCUT2D eigenvalue weighted by Gasteiger charge is -2.09. The van der Waals surface area contributed by atoms with Gasteiger partial charge in [0.15, 0.2) is 28.8 Å². The van der Waals surface area contributed by atoms with E-state index in [1.807, 2.05) is 24.3 Å². The SMILES string of the molecule is COc1ccc(CCn2cc(-c3ccc(OC)c(OC)c3)oc2=O)cc1OC. The molecular formula is C21H23NO6. The molecule has 0 aliphatic rings. The number of hydrogen-bond acceptors (Lipinski definition) is 6. The molecule has 148 valence electrons. The molecule has 0 N–H and O–H groups in total. The lowest BCUT2D eigenvalue weighted by atomic mass is 10.1. The second-order valence-corrected chi connectivity index (χ2v) is 6.06. The lowest BCUT2D eigenvalue weighted by Crippen LogP contribution is -2.14. The van der Waals surface area contributed by atoms with Crippen molar-refractivity contribution in [3.8, 4) is 34.3 Å². The van der Waals surface area contributed by atoms with Crippen LogP contribution >= 0.6 is 0 Å². The molecule has 0 unspecified atom stereocenters. The zero-order chi connectivity index (χ0) is 20.1. The molecule has 3 aromatic rings. The fourth-order valence-corrected chi connectivity index (χ4v) is 2.94. The number of aromatic nitrogens is 1. The molecule has 0 amide bonds. The molecule has 3 rings (SSSR count). The zero-order valence-corrected chi connectivity index (χ0v) is 16.4. The number of aryl methyl sites for hydroxylation is 2. The molecule has 0 atom stereocenters. The number of benzene rings is 2. The van der Waals surface area contributed by atoms with E-state index in [-0.39, 0.29) is 0 Å². The van der Waals surface area contributed by atoms with Crippen molar-refractivity contribution in [2.75, 3.05) is 28.4 Å². The van der Waals surface area contributed by atoms with Crippen LogP contribution in [0.1, 0.15) is 5.56 Å². The highest BCUT2D eigenvalue weighted by molar-refractivity contribution is 5.62. The second-order valence-electron chi connectivity index (χ2n) is 6.06. The van der Waals surface area contributed by atoms with E-state index < -0.39 is 5.76 Å². The largest absolute Gasteiger partial charge is 0.493 e. The summed E-state index contributed by atoms with van der Waals surface area (Å²) in [5, 5.41) is 0. The van der Waals surface area contributed by atoms with Crippen LogP contribution in [0, 0.1) is 0 Å². The van der Waals surface area contributed by atoms with E-state index >= 15 is 0 Å². The van der Waals surface area contributed by atoms with E-state index in [9.17, 15) is 4.79 Å². The molecule has 0 spiro atoms. The highest BCUT2D eigenvalue weighted by atomic mass is 16.5. The Morgan fingerprint density at radius 2 is 1.43 bits per heavy atom. The quantitative estimate of drug-likeness (QED) is 0.592. The average Bonchev–Trinajstić information content (AvgIpc) is 3.11. The Hall–Kier alpha value is -3.35. The average molecular weight is 385 g/mol. The van der Waals surface area contributed by atoms with Crippen LogP contribution in [0.15, 0.2) is 51.8 Å². The highest BCUT2D eigenvalue weighted by Crippen LogP contribution is 2.32. The molecule has 28 heavy (non-hydrogen) atoms. The molecule has 0 aliphatic heterocycles. The molecule has 1 aromatic heterocycles. The predicted octanol–water partition coefficient (Wildman–Crippen LogP) is 3.39. The Labute approximate surface area is 163 Å². The number of oxazole rings is 1. The summed E-state index contributed by atoms with van der Waals surface area (Å²) in [7, 11) is 6.32.